The van der Waals surface area contributed by atoms with Crippen LogP contribution in [0.5, 0.6) is 0 Å². The number of fused-ring (bicyclic) bond motifs is 1. The average molecular weight is 303 g/mol. The summed E-state index contributed by atoms with van der Waals surface area (Å²) in [5.41, 5.74) is 12.6. The molecule has 0 aliphatic carbocycles. The first-order chi connectivity index (χ1) is 10.6. The zero-order valence-corrected chi connectivity index (χ0v) is 12.2. The molecular formula is C15H21N5O2. The second kappa shape index (κ2) is 7.46. The van der Waals surface area contributed by atoms with Crippen molar-refractivity contribution in [3.05, 3.63) is 36.0 Å². The Morgan fingerprint density at radius 2 is 2.14 bits per heavy atom. The van der Waals surface area contributed by atoms with E-state index in [2.05, 4.69) is 15.3 Å². The predicted molar refractivity (Wildman–Crippen MR) is 86.5 cm³/mol. The van der Waals surface area contributed by atoms with Gasteiger partial charge < -0.3 is 26.9 Å². The van der Waals surface area contributed by atoms with E-state index in [0.29, 0.717) is 25.9 Å². The van der Waals surface area contributed by atoms with Gasteiger partial charge in [0.1, 0.15) is 6.04 Å². The Labute approximate surface area is 128 Å². The van der Waals surface area contributed by atoms with Crippen LogP contribution in [-0.4, -0.2) is 34.6 Å². The zero-order valence-electron chi connectivity index (χ0n) is 12.2. The number of guanidine groups is 1. The molecule has 1 aromatic heterocycles. The third-order valence-electron chi connectivity index (χ3n) is 3.46. The molecule has 1 atom stereocenters. The highest BCUT2D eigenvalue weighted by Gasteiger charge is 2.16. The molecule has 0 unspecified atom stereocenters. The monoisotopic (exact) mass is 303 g/mol. The molecule has 7 heteroatoms. The van der Waals surface area contributed by atoms with E-state index in [-0.39, 0.29) is 5.96 Å². The second-order valence-corrected chi connectivity index (χ2v) is 5.08. The highest BCUT2D eigenvalue weighted by Crippen LogP contribution is 2.17. The summed E-state index contributed by atoms with van der Waals surface area (Å²) < 4.78 is 0. The van der Waals surface area contributed by atoms with E-state index in [1.807, 2.05) is 30.5 Å². The third-order valence-corrected chi connectivity index (χ3v) is 3.46. The maximum Gasteiger partial charge on any atom is 0.320 e. The molecule has 22 heavy (non-hydrogen) atoms. The summed E-state index contributed by atoms with van der Waals surface area (Å²) in [6.45, 7) is 0.921. The number of nitrogens with two attached hydrogens (primary N) is 2. The summed E-state index contributed by atoms with van der Waals surface area (Å²) in [6, 6.07) is 7.30. The quantitative estimate of drug-likeness (QED) is 0.279. The number of para-hydroxylation sites is 1. The van der Waals surface area contributed by atoms with E-state index < -0.39 is 12.0 Å². The lowest BCUT2D eigenvalue weighted by Crippen LogP contribution is -2.36. The van der Waals surface area contributed by atoms with Crippen molar-refractivity contribution in [2.75, 3.05) is 6.54 Å². The van der Waals surface area contributed by atoms with E-state index >= 15 is 0 Å². The first kappa shape index (κ1) is 15.8. The van der Waals surface area contributed by atoms with E-state index in [1.54, 1.807) is 0 Å². The van der Waals surface area contributed by atoms with Crippen molar-refractivity contribution in [1.82, 2.24) is 10.3 Å². The Balaban J connectivity index is 1.91. The fraction of sp³-hybridized carbons (Fsp3) is 0.333. The van der Waals surface area contributed by atoms with Crippen molar-refractivity contribution in [3.63, 3.8) is 0 Å². The van der Waals surface area contributed by atoms with Crippen LogP contribution < -0.4 is 16.8 Å². The first-order valence-electron chi connectivity index (χ1n) is 7.14. The molecule has 2 rings (SSSR count). The minimum Gasteiger partial charge on any atom is -0.480 e. The number of carbonyl (C=O) groups is 1. The van der Waals surface area contributed by atoms with Crippen molar-refractivity contribution in [1.29, 1.82) is 0 Å². The van der Waals surface area contributed by atoms with Gasteiger partial charge in [0.2, 0.25) is 0 Å². The SMILES string of the molecule is NC(N)=NCCC[C@@H](NCc1c[nH]c2ccccc12)C(=O)O. The lowest BCUT2D eigenvalue weighted by Gasteiger charge is -2.13. The fourth-order valence-corrected chi connectivity index (χ4v) is 2.33. The van der Waals surface area contributed by atoms with Gasteiger partial charge in [0.25, 0.3) is 0 Å². The van der Waals surface area contributed by atoms with Gasteiger partial charge in [-0.05, 0) is 24.5 Å². The number of carboxylic acids is 1. The smallest absolute Gasteiger partial charge is 0.320 e. The normalized spacial score (nSPS) is 12.2. The Morgan fingerprint density at radius 3 is 2.86 bits per heavy atom. The minimum absolute atomic E-state index is 0.0265. The number of H-pyrrole nitrogens is 1. The standard InChI is InChI=1S/C15H21N5O2/c16-15(17)18-7-3-6-13(14(21)22)20-9-10-8-19-12-5-2-1-4-11(10)12/h1-2,4-5,8,13,19-20H,3,6-7,9H2,(H,21,22)(H4,16,17,18)/t13-/m1/s1. The number of benzene rings is 1. The lowest BCUT2D eigenvalue weighted by atomic mass is 10.1. The zero-order chi connectivity index (χ0) is 15.9. The van der Waals surface area contributed by atoms with E-state index in [4.69, 9.17) is 11.5 Å². The number of nitrogens with zero attached hydrogens (tertiary/aromatic N) is 1. The van der Waals surface area contributed by atoms with Crippen LogP contribution in [0.4, 0.5) is 0 Å². The van der Waals surface area contributed by atoms with Crippen LogP contribution in [0.3, 0.4) is 0 Å². The predicted octanol–water partition coefficient (Wildman–Crippen LogP) is 0.764. The molecule has 0 bridgehead atoms. The van der Waals surface area contributed by atoms with Crippen LogP contribution in [0.25, 0.3) is 10.9 Å². The van der Waals surface area contributed by atoms with Crippen LogP contribution in [0.2, 0.25) is 0 Å². The van der Waals surface area contributed by atoms with Crippen molar-refractivity contribution >= 4 is 22.8 Å². The molecule has 0 amide bonds. The molecule has 7 N–H and O–H groups in total. The maximum atomic E-state index is 11.3. The molecule has 0 aliphatic heterocycles. The minimum atomic E-state index is -0.871. The molecule has 1 aromatic carbocycles. The fourth-order valence-electron chi connectivity index (χ4n) is 2.33. The maximum absolute atomic E-state index is 11.3. The molecule has 0 spiro atoms. The van der Waals surface area contributed by atoms with E-state index in [9.17, 15) is 9.90 Å². The molecule has 2 aromatic rings. The Hall–Kier alpha value is -2.54. The Bertz CT molecular complexity index is 661. The van der Waals surface area contributed by atoms with Gasteiger partial charge in [-0.25, -0.2) is 0 Å². The van der Waals surface area contributed by atoms with Gasteiger partial charge >= 0.3 is 5.97 Å². The topological polar surface area (TPSA) is 130 Å². The van der Waals surface area contributed by atoms with E-state index in [0.717, 1.165) is 16.5 Å². The number of carboxylic acid groups (broad SMARTS) is 1. The second-order valence-electron chi connectivity index (χ2n) is 5.08. The van der Waals surface area contributed by atoms with Gasteiger partial charge in [0.15, 0.2) is 5.96 Å². The number of aromatic amines is 1. The summed E-state index contributed by atoms with van der Waals surface area (Å²) in [4.78, 5) is 18.3. The van der Waals surface area contributed by atoms with Gasteiger partial charge in [-0.15, -0.1) is 0 Å². The van der Waals surface area contributed by atoms with Crippen LogP contribution in [-0.2, 0) is 11.3 Å². The number of aromatic nitrogens is 1. The number of hydrogen-bond donors (Lipinski definition) is 5. The van der Waals surface area contributed by atoms with Gasteiger partial charge in [-0.3, -0.25) is 9.79 Å². The molecule has 7 nitrogen and oxygen atoms in total. The number of nitrogens with one attached hydrogen (secondary N) is 2. The third kappa shape index (κ3) is 4.23. The molecule has 0 fully saturated rings. The van der Waals surface area contributed by atoms with Crippen molar-refractivity contribution in [2.24, 2.45) is 16.5 Å². The molecule has 0 saturated heterocycles. The molecule has 118 valence electrons. The highest BCUT2D eigenvalue weighted by molar-refractivity contribution is 5.83. The number of aliphatic imine (C=N–C) groups is 1. The summed E-state index contributed by atoms with van der Waals surface area (Å²) >= 11 is 0. The number of rotatable bonds is 8. The lowest BCUT2D eigenvalue weighted by molar-refractivity contribution is -0.139. The van der Waals surface area contributed by atoms with Crippen molar-refractivity contribution in [3.8, 4) is 0 Å². The molecule has 0 radical (unpaired) electrons. The highest BCUT2D eigenvalue weighted by atomic mass is 16.4. The number of aliphatic carboxylic acids is 1. The Morgan fingerprint density at radius 1 is 1.36 bits per heavy atom. The molecule has 0 saturated carbocycles. The van der Waals surface area contributed by atoms with Crippen molar-refractivity contribution < 1.29 is 9.90 Å². The summed E-state index contributed by atoms with van der Waals surface area (Å²) in [6.07, 6.45) is 2.97. The van der Waals surface area contributed by atoms with Crippen LogP contribution >= 0.6 is 0 Å². The summed E-state index contributed by atoms with van der Waals surface area (Å²) in [5.74, 6) is -0.844. The van der Waals surface area contributed by atoms with Gasteiger partial charge in [0, 0.05) is 30.2 Å². The number of hydrogen-bond acceptors (Lipinski definition) is 3. The largest absolute Gasteiger partial charge is 0.480 e. The van der Waals surface area contributed by atoms with Crippen LogP contribution in [0, 0.1) is 0 Å². The van der Waals surface area contributed by atoms with Gasteiger partial charge in [0.05, 0.1) is 0 Å². The van der Waals surface area contributed by atoms with Crippen molar-refractivity contribution in [2.45, 2.75) is 25.4 Å². The summed E-state index contributed by atoms with van der Waals surface area (Å²) in [5, 5.41) is 13.4. The van der Waals surface area contributed by atoms with E-state index in [1.165, 1.54) is 0 Å². The van der Waals surface area contributed by atoms with Crippen LogP contribution in [0.1, 0.15) is 18.4 Å². The molecule has 1 heterocycles. The van der Waals surface area contributed by atoms with Gasteiger partial charge in [-0.2, -0.15) is 0 Å². The van der Waals surface area contributed by atoms with Crippen LogP contribution in [0.15, 0.2) is 35.5 Å². The first-order valence-corrected chi connectivity index (χ1v) is 7.14. The average Bonchev–Trinajstić information content (AvgIpc) is 2.89. The summed E-state index contributed by atoms with van der Waals surface area (Å²) in [7, 11) is 0. The Kier molecular flexibility index (Phi) is 5.37. The molecule has 0 aliphatic rings. The molecular weight excluding hydrogens is 282 g/mol. The van der Waals surface area contributed by atoms with Gasteiger partial charge in [-0.1, -0.05) is 18.2 Å².